The first-order valence-corrected chi connectivity index (χ1v) is 11.2. The van der Waals surface area contributed by atoms with Gasteiger partial charge < -0.3 is 5.32 Å². The maximum Gasteiger partial charge on any atom is 0.243 e. The molecule has 1 atom stereocenters. The Hall–Kier alpha value is -2.18. The molecule has 0 aromatic heterocycles. The molecule has 1 N–H and O–H groups in total. The quantitative estimate of drug-likeness (QED) is 0.819. The molecule has 0 spiro atoms. The first-order chi connectivity index (χ1) is 13.3. The fraction of sp³-hybridized carbons (Fsp3) is 0.409. The van der Waals surface area contributed by atoms with E-state index in [4.69, 9.17) is 0 Å². The zero-order valence-electron chi connectivity index (χ0n) is 16.7. The zero-order chi connectivity index (χ0) is 20.3. The smallest absolute Gasteiger partial charge is 0.243 e. The van der Waals surface area contributed by atoms with Crippen LogP contribution in [0, 0.1) is 20.8 Å². The van der Waals surface area contributed by atoms with Gasteiger partial charge in [-0.2, -0.15) is 4.31 Å². The van der Waals surface area contributed by atoms with Crippen LogP contribution in [0.1, 0.15) is 42.4 Å². The number of nitrogens with one attached hydrogen (secondary N) is 1. The number of aryl methyl sites for hydroxylation is 3. The van der Waals surface area contributed by atoms with Gasteiger partial charge in [0.25, 0.3) is 0 Å². The summed E-state index contributed by atoms with van der Waals surface area (Å²) in [5.74, 6) is -0.143. The van der Waals surface area contributed by atoms with E-state index in [1.54, 1.807) is 30.3 Å². The van der Waals surface area contributed by atoms with Gasteiger partial charge in [-0.3, -0.25) is 4.79 Å². The number of sulfonamides is 1. The van der Waals surface area contributed by atoms with Crippen molar-refractivity contribution in [2.24, 2.45) is 0 Å². The van der Waals surface area contributed by atoms with Gasteiger partial charge in [0, 0.05) is 24.7 Å². The Morgan fingerprint density at radius 2 is 1.71 bits per heavy atom. The second kappa shape index (κ2) is 8.45. The molecular formula is C22H28N2O3S. The van der Waals surface area contributed by atoms with E-state index in [-0.39, 0.29) is 23.3 Å². The second-order valence-corrected chi connectivity index (χ2v) is 9.49. The van der Waals surface area contributed by atoms with Crippen molar-refractivity contribution in [3.05, 3.63) is 59.2 Å². The fourth-order valence-corrected chi connectivity index (χ4v) is 5.72. The van der Waals surface area contributed by atoms with Crippen LogP contribution in [0.4, 0.5) is 5.69 Å². The molecule has 0 aliphatic carbocycles. The molecule has 28 heavy (non-hydrogen) atoms. The minimum absolute atomic E-state index is 0.143. The standard InChI is InChI=1S/C22H28N2O3S/c1-16-13-17(2)22(18(3)14-16)23-21(25)15-19-9-7-8-12-24(19)28(26,27)20-10-5-4-6-11-20/h4-6,10-11,13-14,19H,7-9,12,15H2,1-3H3,(H,23,25)/t19-/m0/s1. The highest BCUT2D eigenvalue weighted by atomic mass is 32.2. The van der Waals surface area contributed by atoms with Crippen molar-refractivity contribution in [1.82, 2.24) is 4.31 Å². The van der Waals surface area contributed by atoms with Crippen LogP contribution >= 0.6 is 0 Å². The van der Waals surface area contributed by atoms with Crippen molar-refractivity contribution >= 4 is 21.6 Å². The van der Waals surface area contributed by atoms with Gasteiger partial charge in [-0.05, 0) is 56.9 Å². The van der Waals surface area contributed by atoms with Gasteiger partial charge in [-0.15, -0.1) is 0 Å². The highest BCUT2D eigenvalue weighted by Gasteiger charge is 2.34. The van der Waals surface area contributed by atoms with Crippen LogP contribution in [-0.4, -0.2) is 31.2 Å². The van der Waals surface area contributed by atoms with Crippen LogP contribution in [0.25, 0.3) is 0 Å². The van der Waals surface area contributed by atoms with Crippen molar-refractivity contribution < 1.29 is 13.2 Å². The molecule has 5 nitrogen and oxygen atoms in total. The van der Waals surface area contributed by atoms with Crippen LogP contribution < -0.4 is 5.32 Å². The summed E-state index contributed by atoms with van der Waals surface area (Å²) >= 11 is 0. The van der Waals surface area contributed by atoms with Gasteiger partial charge in [0.15, 0.2) is 0 Å². The van der Waals surface area contributed by atoms with E-state index in [2.05, 4.69) is 5.32 Å². The summed E-state index contributed by atoms with van der Waals surface area (Å²) in [4.78, 5) is 13.0. The third-order valence-electron chi connectivity index (χ3n) is 5.29. The summed E-state index contributed by atoms with van der Waals surface area (Å²) in [7, 11) is -3.60. The Balaban J connectivity index is 1.77. The Kier molecular flexibility index (Phi) is 6.20. The van der Waals surface area contributed by atoms with E-state index in [0.717, 1.165) is 35.2 Å². The van der Waals surface area contributed by atoms with Crippen molar-refractivity contribution in [3.63, 3.8) is 0 Å². The fourth-order valence-electron chi connectivity index (χ4n) is 4.00. The molecule has 0 saturated carbocycles. The van der Waals surface area contributed by atoms with Crippen molar-refractivity contribution in [2.75, 3.05) is 11.9 Å². The number of carbonyl (C=O) groups is 1. The highest BCUT2D eigenvalue weighted by molar-refractivity contribution is 7.89. The summed E-state index contributed by atoms with van der Waals surface area (Å²) in [5, 5.41) is 3.00. The Morgan fingerprint density at radius 3 is 2.36 bits per heavy atom. The van der Waals surface area contributed by atoms with E-state index >= 15 is 0 Å². The molecule has 0 radical (unpaired) electrons. The maximum absolute atomic E-state index is 13.1. The zero-order valence-corrected chi connectivity index (χ0v) is 17.6. The molecule has 3 rings (SSSR count). The molecule has 150 valence electrons. The summed E-state index contributed by atoms with van der Waals surface area (Å²) in [5.41, 5.74) is 4.01. The molecule has 2 aromatic rings. The third kappa shape index (κ3) is 4.45. The lowest BCUT2D eigenvalue weighted by atomic mass is 10.0. The number of rotatable bonds is 5. The van der Waals surface area contributed by atoms with Crippen LogP contribution in [0.5, 0.6) is 0 Å². The van der Waals surface area contributed by atoms with E-state index in [9.17, 15) is 13.2 Å². The van der Waals surface area contributed by atoms with Gasteiger partial charge in [-0.25, -0.2) is 8.42 Å². The first-order valence-electron chi connectivity index (χ1n) is 9.73. The summed E-state index contributed by atoms with van der Waals surface area (Å²) in [6.07, 6.45) is 2.62. The molecule has 2 aromatic carbocycles. The third-order valence-corrected chi connectivity index (χ3v) is 7.25. The lowest BCUT2D eigenvalue weighted by Crippen LogP contribution is -2.45. The van der Waals surface area contributed by atoms with Crippen molar-refractivity contribution in [1.29, 1.82) is 0 Å². The molecule has 1 saturated heterocycles. The molecule has 1 amide bonds. The van der Waals surface area contributed by atoms with E-state index in [1.165, 1.54) is 4.31 Å². The molecule has 1 aliphatic rings. The number of benzene rings is 2. The topological polar surface area (TPSA) is 66.5 Å². The average Bonchev–Trinajstić information content (AvgIpc) is 2.65. The van der Waals surface area contributed by atoms with Crippen molar-refractivity contribution in [2.45, 2.75) is 57.4 Å². The normalized spacial score (nSPS) is 18.0. The van der Waals surface area contributed by atoms with Gasteiger partial charge in [0.1, 0.15) is 0 Å². The minimum atomic E-state index is -3.60. The van der Waals surface area contributed by atoms with E-state index in [1.807, 2.05) is 32.9 Å². The second-order valence-electron chi connectivity index (χ2n) is 7.60. The molecule has 1 heterocycles. The number of anilines is 1. The lowest BCUT2D eigenvalue weighted by Gasteiger charge is -2.34. The maximum atomic E-state index is 13.1. The minimum Gasteiger partial charge on any atom is -0.326 e. The van der Waals surface area contributed by atoms with Crippen LogP contribution in [0.3, 0.4) is 0 Å². The van der Waals surface area contributed by atoms with Gasteiger partial charge in [0.05, 0.1) is 4.90 Å². The molecular weight excluding hydrogens is 372 g/mol. The SMILES string of the molecule is Cc1cc(C)c(NC(=O)C[C@@H]2CCCCN2S(=O)(=O)c2ccccc2)c(C)c1. The molecule has 6 heteroatoms. The number of amides is 1. The van der Waals surface area contributed by atoms with Crippen LogP contribution in [0.15, 0.2) is 47.4 Å². The lowest BCUT2D eigenvalue weighted by molar-refractivity contribution is -0.117. The Labute approximate surface area is 167 Å². The number of carbonyl (C=O) groups excluding carboxylic acids is 1. The predicted octanol–water partition coefficient (Wildman–Crippen LogP) is 4.18. The van der Waals surface area contributed by atoms with E-state index < -0.39 is 10.0 Å². The van der Waals surface area contributed by atoms with Gasteiger partial charge >= 0.3 is 0 Å². The highest BCUT2D eigenvalue weighted by Crippen LogP contribution is 2.28. The molecule has 0 unspecified atom stereocenters. The molecule has 0 bridgehead atoms. The van der Waals surface area contributed by atoms with Gasteiger partial charge in [-0.1, -0.05) is 42.3 Å². The summed E-state index contributed by atoms with van der Waals surface area (Å²) in [6, 6.07) is 12.2. The number of hydrogen-bond donors (Lipinski definition) is 1. The van der Waals surface area contributed by atoms with Crippen LogP contribution in [-0.2, 0) is 14.8 Å². The number of hydrogen-bond acceptors (Lipinski definition) is 3. The largest absolute Gasteiger partial charge is 0.326 e. The van der Waals surface area contributed by atoms with Crippen LogP contribution in [0.2, 0.25) is 0 Å². The summed E-state index contributed by atoms with van der Waals surface area (Å²) < 4.78 is 27.7. The molecule has 1 fully saturated rings. The predicted molar refractivity (Wildman–Crippen MR) is 112 cm³/mol. The number of nitrogens with zero attached hydrogens (tertiary/aromatic N) is 1. The Morgan fingerprint density at radius 1 is 1.07 bits per heavy atom. The Bertz CT molecular complexity index is 932. The monoisotopic (exact) mass is 400 g/mol. The average molecular weight is 401 g/mol. The number of piperidine rings is 1. The van der Waals surface area contributed by atoms with Crippen molar-refractivity contribution in [3.8, 4) is 0 Å². The van der Waals surface area contributed by atoms with Gasteiger partial charge in [0.2, 0.25) is 15.9 Å². The van der Waals surface area contributed by atoms with E-state index in [0.29, 0.717) is 13.0 Å². The molecule has 1 aliphatic heterocycles. The first kappa shape index (κ1) is 20.6. The summed E-state index contributed by atoms with van der Waals surface area (Å²) in [6.45, 7) is 6.43.